The molecule has 0 aliphatic heterocycles. The highest BCUT2D eigenvalue weighted by molar-refractivity contribution is 7.13. The molecule has 0 aromatic carbocycles. The number of hydrogen-bond donors (Lipinski definition) is 1. The predicted octanol–water partition coefficient (Wildman–Crippen LogP) is 1.73. The van der Waals surface area contributed by atoms with Gasteiger partial charge in [0.1, 0.15) is 0 Å². The van der Waals surface area contributed by atoms with E-state index in [0.29, 0.717) is 5.89 Å². The Hall–Kier alpha value is -1.89. The zero-order valence-corrected chi connectivity index (χ0v) is 12.4. The largest absolute Gasteiger partial charge is 0.437 e. The second-order valence-electron chi connectivity index (χ2n) is 4.90. The van der Waals surface area contributed by atoms with E-state index in [9.17, 15) is 9.59 Å². The minimum Gasteiger partial charge on any atom is -0.387 e. The molecule has 0 aliphatic rings. The quantitative estimate of drug-likeness (QED) is 0.911. The monoisotopic (exact) mass is 295 g/mol. The van der Waals surface area contributed by atoms with Crippen LogP contribution in [-0.2, 0) is 11.3 Å². The van der Waals surface area contributed by atoms with Gasteiger partial charge < -0.3 is 9.73 Å². The van der Waals surface area contributed by atoms with Crippen LogP contribution in [0.25, 0.3) is 10.8 Å². The van der Waals surface area contributed by atoms with Gasteiger partial charge in [0.05, 0.1) is 11.4 Å². The van der Waals surface area contributed by atoms with Crippen LogP contribution in [0.2, 0.25) is 0 Å². The summed E-state index contributed by atoms with van der Waals surface area (Å²) in [5.41, 5.74) is 0. The van der Waals surface area contributed by atoms with E-state index in [0.717, 1.165) is 4.88 Å². The predicted molar refractivity (Wildman–Crippen MR) is 76.5 cm³/mol. The first-order valence-corrected chi connectivity index (χ1v) is 7.27. The summed E-state index contributed by atoms with van der Waals surface area (Å²) in [7, 11) is 0. The maximum Gasteiger partial charge on any atom is 0.437 e. The summed E-state index contributed by atoms with van der Waals surface area (Å²) in [5.74, 6) is -0.341. The zero-order chi connectivity index (χ0) is 14.7. The van der Waals surface area contributed by atoms with Crippen molar-refractivity contribution in [3.63, 3.8) is 0 Å². The molecule has 1 N–H and O–H groups in total. The fourth-order valence-electron chi connectivity index (χ4n) is 1.64. The molecule has 0 bridgehead atoms. The van der Waals surface area contributed by atoms with Crippen molar-refractivity contribution in [2.45, 2.75) is 33.4 Å². The molecule has 2 rings (SSSR count). The Balaban J connectivity index is 2.07. The molecule has 20 heavy (non-hydrogen) atoms. The van der Waals surface area contributed by atoms with Gasteiger partial charge in [-0.05, 0) is 18.4 Å². The molecule has 0 fully saturated rings. The summed E-state index contributed by atoms with van der Waals surface area (Å²) in [6, 6.07) is 3.51. The van der Waals surface area contributed by atoms with Gasteiger partial charge in [-0.15, -0.1) is 16.4 Å². The van der Waals surface area contributed by atoms with Crippen LogP contribution in [0.1, 0.15) is 20.8 Å². The molecule has 108 valence electrons. The van der Waals surface area contributed by atoms with Crippen molar-refractivity contribution in [3.05, 3.63) is 28.1 Å². The van der Waals surface area contributed by atoms with Crippen LogP contribution in [0.3, 0.4) is 0 Å². The highest BCUT2D eigenvalue weighted by Gasteiger charge is 2.15. The Bertz CT molecular complexity index is 628. The molecular weight excluding hydrogens is 278 g/mol. The lowest BCUT2D eigenvalue weighted by Gasteiger charge is -2.14. The van der Waals surface area contributed by atoms with E-state index < -0.39 is 5.76 Å². The van der Waals surface area contributed by atoms with Gasteiger partial charge in [0.2, 0.25) is 5.91 Å². The number of nitrogens with zero attached hydrogens (tertiary/aromatic N) is 2. The molecule has 2 aromatic heterocycles. The molecule has 6 nitrogen and oxygen atoms in total. The summed E-state index contributed by atoms with van der Waals surface area (Å²) >= 11 is 1.45. The van der Waals surface area contributed by atoms with Crippen LogP contribution in [0, 0.1) is 5.92 Å². The van der Waals surface area contributed by atoms with Crippen LogP contribution in [0.5, 0.6) is 0 Å². The molecule has 0 aliphatic carbocycles. The van der Waals surface area contributed by atoms with Crippen molar-refractivity contribution in [1.82, 2.24) is 15.1 Å². The highest BCUT2D eigenvalue weighted by Crippen LogP contribution is 2.20. The fraction of sp³-hybridized carbons (Fsp3) is 0.462. The van der Waals surface area contributed by atoms with E-state index in [1.807, 2.05) is 38.3 Å². The molecule has 1 atom stereocenters. The molecule has 7 heteroatoms. The Labute approximate surface area is 120 Å². The number of carbonyl (C=O) groups excluding carboxylic acids is 1. The first kappa shape index (κ1) is 14.5. The average Bonchev–Trinajstić information content (AvgIpc) is 2.99. The lowest BCUT2D eigenvalue weighted by atomic mass is 10.2. The topological polar surface area (TPSA) is 77.1 Å². The van der Waals surface area contributed by atoms with Gasteiger partial charge in [0.25, 0.3) is 5.89 Å². The lowest BCUT2D eigenvalue weighted by molar-refractivity contribution is -0.124. The highest BCUT2D eigenvalue weighted by atomic mass is 32.1. The van der Waals surface area contributed by atoms with Gasteiger partial charge in [0, 0.05) is 12.0 Å². The summed E-state index contributed by atoms with van der Waals surface area (Å²) < 4.78 is 6.34. The SMILES string of the molecule is CC(C)C(=O)N[C@H](C)Cn1nc(-c2cccs2)oc1=O. The maximum absolute atomic E-state index is 11.7. The van der Waals surface area contributed by atoms with Crippen molar-refractivity contribution < 1.29 is 9.21 Å². The number of amides is 1. The second-order valence-corrected chi connectivity index (χ2v) is 5.84. The van der Waals surface area contributed by atoms with E-state index >= 15 is 0 Å². The van der Waals surface area contributed by atoms with Crippen molar-refractivity contribution in [2.24, 2.45) is 5.92 Å². The number of aromatic nitrogens is 2. The van der Waals surface area contributed by atoms with Gasteiger partial charge in [-0.25, -0.2) is 4.79 Å². The molecule has 0 saturated heterocycles. The van der Waals surface area contributed by atoms with Crippen LogP contribution < -0.4 is 11.1 Å². The summed E-state index contributed by atoms with van der Waals surface area (Å²) in [4.78, 5) is 24.1. The van der Waals surface area contributed by atoms with Crippen molar-refractivity contribution in [2.75, 3.05) is 0 Å². The van der Waals surface area contributed by atoms with Crippen molar-refractivity contribution in [3.8, 4) is 10.8 Å². The van der Waals surface area contributed by atoms with Crippen LogP contribution >= 0.6 is 11.3 Å². The molecular formula is C13H17N3O3S. The third-order valence-corrected chi connectivity index (χ3v) is 3.56. The fourth-order valence-corrected chi connectivity index (χ4v) is 2.28. The van der Waals surface area contributed by atoms with Gasteiger partial charge in [-0.3, -0.25) is 4.79 Å². The van der Waals surface area contributed by atoms with Crippen LogP contribution in [-0.4, -0.2) is 21.7 Å². The summed E-state index contributed by atoms with van der Waals surface area (Å²) in [6.45, 7) is 5.75. The van der Waals surface area contributed by atoms with Crippen LogP contribution in [0.4, 0.5) is 0 Å². The zero-order valence-electron chi connectivity index (χ0n) is 11.6. The van der Waals surface area contributed by atoms with E-state index in [2.05, 4.69) is 10.4 Å². The minimum atomic E-state index is -0.515. The van der Waals surface area contributed by atoms with Gasteiger partial charge >= 0.3 is 5.76 Å². The van der Waals surface area contributed by atoms with E-state index in [-0.39, 0.29) is 24.4 Å². The molecule has 0 unspecified atom stereocenters. The maximum atomic E-state index is 11.7. The molecule has 1 amide bonds. The lowest BCUT2D eigenvalue weighted by Crippen LogP contribution is -2.39. The third-order valence-electron chi connectivity index (χ3n) is 2.70. The van der Waals surface area contributed by atoms with Gasteiger partial charge in [-0.2, -0.15) is 4.68 Å². The molecule has 2 heterocycles. The Morgan fingerprint density at radius 1 is 1.50 bits per heavy atom. The third kappa shape index (κ3) is 3.36. The number of carbonyl (C=O) groups is 1. The Kier molecular flexibility index (Phi) is 4.39. The van der Waals surface area contributed by atoms with E-state index in [4.69, 9.17) is 4.42 Å². The molecule has 0 saturated carbocycles. The van der Waals surface area contributed by atoms with Crippen molar-refractivity contribution >= 4 is 17.2 Å². The van der Waals surface area contributed by atoms with Gasteiger partial charge in [-0.1, -0.05) is 19.9 Å². The first-order chi connectivity index (χ1) is 9.47. The molecule has 0 spiro atoms. The molecule has 2 aromatic rings. The average molecular weight is 295 g/mol. The molecule has 0 radical (unpaired) electrons. The number of hydrogen-bond acceptors (Lipinski definition) is 5. The Morgan fingerprint density at radius 2 is 2.25 bits per heavy atom. The first-order valence-electron chi connectivity index (χ1n) is 6.39. The number of rotatable bonds is 5. The number of nitrogens with one attached hydrogen (secondary N) is 1. The normalized spacial score (nSPS) is 12.6. The van der Waals surface area contributed by atoms with E-state index in [1.165, 1.54) is 16.0 Å². The van der Waals surface area contributed by atoms with Gasteiger partial charge in [0.15, 0.2) is 0 Å². The standard InChI is InChI=1S/C13H17N3O3S/c1-8(2)11(17)14-9(3)7-16-13(18)19-12(15-16)10-5-4-6-20-10/h4-6,8-9H,7H2,1-3H3,(H,14,17)/t9-/m1/s1. The van der Waals surface area contributed by atoms with Crippen molar-refractivity contribution in [1.29, 1.82) is 0 Å². The number of thiophene rings is 1. The van der Waals surface area contributed by atoms with Crippen LogP contribution in [0.15, 0.2) is 26.7 Å². The summed E-state index contributed by atoms with van der Waals surface area (Å²) in [5, 5.41) is 8.85. The smallest absolute Gasteiger partial charge is 0.387 e. The summed E-state index contributed by atoms with van der Waals surface area (Å²) in [6.07, 6.45) is 0. The second kappa shape index (κ2) is 6.04. The van der Waals surface area contributed by atoms with E-state index in [1.54, 1.807) is 0 Å². The minimum absolute atomic E-state index is 0.0486. The Morgan fingerprint density at radius 3 is 2.85 bits per heavy atom.